The van der Waals surface area contributed by atoms with E-state index in [1.54, 1.807) is 0 Å². The van der Waals surface area contributed by atoms with Gasteiger partial charge in [0.15, 0.2) is 0 Å². The molecule has 0 aromatic rings. The molecule has 0 radical (unpaired) electrons. The Morgan fingerprint density at radius 2 is 2.11 bits per heavy atom. The van der Waals surface area contributed by atoms with E-state index in [0.717, 1.165) is 0 Å². The van der Waals surface area contributed by atoms with Crippen molar-refractivity contribution in [2.75, 3.05) is 0 Å². The van der Waals surface area contributed by atoms with Crippen LogP contribution in [0.3, 0.4) is 0 Å². The quantitative estimate of drug-likeness (QED) is 0.282. The van der Waals surface area contributed by atoms with Crippen molar-refractivity contribution in [2.24, 2.45) is 0 Å². The molecule has 0 heterocycles. The Labute approximate surface area is 53.1 Å². The lowest BCUT2D eigenvalue weighted by atomic mass is 10.0. The molecule has 1 aliphatic rings. The van der Waals surface area contributed by atoms with Crippen molar-refractivity contribution in [3.05, 3.63) is 17.7 Å². The number of rotatable bonds is 0. The molecule has 1 N–H and O–H groups in total. The summed E-state index contributed by atoms with van der Waals surface area (Å²) in [6.45, 7) is 0. The van der Waals surface area contributed by atoms with Gasteiger partial charge in [-0.2, -0.15) is 4.79 Å². The Bertz CT molecular complexity index is 208. The van der Waals surface area contributed by atoms with Crippen LogP contribution in [0.5, 0.6) is 0 Å². The average molecular weight is 121 g/mol. The number of nitrogens with zero attached hydrogens (tertiary/aromatic N) is 2. The Morgan fingerprint density at radius 3 is 2.56 bits per heavy atom. The second kappa shape index (κ2) is 2.37. The molecule has 0 unspecified atom stereocenters. The van der Waals surface area contributed by atoms with E-state index in [-0.39, 0.29) is 0 Å². The van der Waals surface area contributed by atoms with Crippen molar-refractivity contribution in [1.82, 2.24) is 0 Å². The van der Waals surface area contributed by atoms with E-state index < -0.39 is 0 Å². The van der Waals surface area contributed by atoms with E-state index in [0.29, 0.717) is 24.3 Å². The summed E-state index contributed by atoms with van der Waals surface area (Å²) in [7, 11) is 0. The van der Waals surface area contributed by atoms with Crippen molar-refractivity contribution in [1.29, 1.82) is 5.41 Å². The molecule has 0 saturated carbocycles. The molecule has 3 heteroatoms. The predicted octanol–water partition coefficient (Wildman–Crippen LogP) is 1.03. The van der Waals surface area contributed by atoms with Gasteiger partial charge in [0, 0.05) is 6.42 Å². The second-order valence-electron chi connectivity index (χ2n) is 1.90. The molecule has 0 bridgehead atoms. The SMILES string of the molecule is [N-]=[N+]=C1CC=CCC1=N. The molecule has 0 saturated heterocycles. The van der Waals surface area contributed by atoms with Gasteiger partial charge in [0.25, 0.3) is 0 Å². The van der Waals surface area contributed by atoms with Crippen LogP contribution < -0.4 is 0 Å². The summed E-state index contributed by atoms with van der Waals surface area (Å²) in [4.78, 5) is 2.97. The summed E-state index contributed by atoms with van der Waals surface area (Å²) in [5.74, 6) is 0. The molecule has 0 spiro atoms. The molecule has 0 fully saturated rings. The summed E-state index contributed by atoms with van der Waals surface area (Å²) in [6, 6.07) is 0. The summed E-state index contributed by atoms with van der Waals surface area (Å²) in [5, 5.41) is 7.20. The van der Waals surface area contributed by atoms with Gasteiger partial charge in [-0.05, 0) is 0 Å². The molecule has 0 aliphatic heterocycles. The third kappa shape index (κ3) is 1.12. The van der Waals surface area contributed by atoms with Crippen LogP contribution in [-0.4, -0.2) is 16.2 Å². The minimum Gasteiger partial charge on any atom is -0.361 e. The second-order valence-corrected chi connectivity index (χ2v) is 1.90. The molecule has 0 aromatic carbocycles. The minimum absolute atomic E-state index is 0.417. The topological polar surface area (TPSA) is 60.3 Å². The summed E-state index contributed by atoms with van der Waals surface area (Å²) >= 11 is 0. The third-order valence-electron chi connectivity index (χ3n) is 1.27. The van der Waals surface area contributed by atoms with Crippen LogP contribution >= 0.6 is 0 Å². The number of allylic oxidation sites excluding steroid dienone is 2. The van der Waals surface area contributed by atoms with Gasteiger partial charge in [-0.15, -0.1) is 0 Å². The fourth-order valence-electron chi connectivity index (χ4n) is 0.738. The molecule has 9 heavy (non-hydrogen) atoms. The summed E-state index contributed by atoms with van der Waals surface area (Å²) in [6.07, 6.45) is 4.98. The third-order valence-corrected chi connectivity index (χ3v) is 1.27. The molecule has 0 amide bonds. The molecule has 1 rings (SSSR count). The highest BCUT2D eigenvalue weighted by Gasteiger charge is 2.15. The zero-order valence-electron chi connectivity index (χ0n) is 4.96. The molecule has 0 aromatic heterocycles. The molecule has 1 aliphatic carbocycles. The van der Waals surface area contributed by atoms with Crippen molar-refractivity contribution < 1.29 is 4.79 Å². The molecule has 3 nitrogen and oxygen atoms in total. The van der Waals surface area contributed by atoms with E-state index in [1.807, 2.05) is 12.2 Å². The maximum Gasteiger partial charge on any atom is 0.316 e. The summed E-state index contributed by atoms with van der Waals surface area (Å²) < 4.78 is 0. The van der Waals surface area contributed by atoms with E-state index in [4.69, 9.17) is 10.9 Å². The Balaban J connectivity index is 2.88. The zero-order chi connectivity index (χ0) is 6.69. The largest absolute Gasteiger partial charge is 0.361 e. The van der Waals surface area contributed by atoms with E-state index in [9.17, 15) is 0 Å². The number of hydrogen-bond donors (Lipinski definition) is 1. The highest BCUT2D eigenvalue weighted by Crippen LogP contribution is 2.00. The highest BCUT2D eigenvalue weighted by atomic mass is 14.9. The monoisotopic (exact) mass is 121 g/mol. The maximum absolute atomic E-state index is 8.27. The van der Waals surface area contributed by atoms with E-state index >= 15 is 0 Å². The van der Waals surface area contributed by atoms with Crippen LogP contribution in [0.25, 0.3) is 5.53 Å². The van der Waals surface area contributed by atoms with Crippen LogP contribution in [-0.2, 0) is 0 Å². The van der Waals surface area contributed by atoms with Crippen molar-refractivity contribution in [2.45, 2.75) is 12.8 Å². The summed E-state index contributed by atoms with van der Waals surface area (Å²) in [5.41, 5.74) is 9.18. The Hall–Kier alpha value is -1.21. The first-order valence-electron chi connectivity index (χ1n) is 2.78. The molecule has 0 atom stereocenters. The first-order valence-corrected chi connectivity index (χ1v) is 2.78. The van der Waals surface area contributed by atoms with Crippen LogP contribution in [0.1, 0.15) is 12.8 Å². The van der Waals surface area contributed by atoms with Crippen LogP contribution in [0, 0.1) is 5.41 Å². The molecular formula is C6H7N3. The number of hydrogen-bond acceptors (Lipinski definition) is 1. The van der Waals surface area contributed by atoms with Gasteiger partial charge in [0.2, 0.25) is 0 Å². The van der Waals surface area contributed by atoms with Crippen molar-refractivity contribution >= 4 is 11.4 Å². The van der Waals surface area contributed by atoms with Crippen LogP contribution in [0.2, 0.25) is 0 Å². The van der Waals surface area contributed by atoms with Gasteiger partial charge < -0.3 is 5.53 Å². The van der Waals surface area contributed by atoms with Gasteiger partial charge in [0.1, 0.15) is 5.71 Å². The van der Waals surface area contributed by atoms with E-state index in [1.165, 1.54) is 0 Å². The standard InChI is InChI=1S/C6H7N3/c7-5-3-1-2-4-6(5)9-8/h1-2,7H,3-4H2. The lowest BCUT2D eigenvalue weighted by Crippen LogP contribution is -2.15. The first kappa shape index (κ1) is 5.92. The predicted molar refractivity (Wildman–Crippen MR) is 34.7 cm³/mol. The molecular weight excluding hydrogens is 114 g/mol. The van der Waals surface area contributed by atoms with Gasteiger partial charge in [-0.25, -0.2) is 0 Å². The van der Waals surface area contributed by atoms with Crippen LogP contribution in [0.15, 0.2) is 12.2 Å². The van der Waals surface area contributed by atoms with Gasteiger partial charge >= 0.3 is 5.71 Å². The fourth-order valence-corrected chi connectivity index (χ4v) is 0.738. The lowest BCUT2D eigenvalue weighted by Gasteiger charge is -1.96. The molecule has 46 valence electrons. The average Bonchev–Trinajstić information content (AvgIpc) is 1.89. The Kier molecular flexibility index (Phi) is 1.56. The van der Waals surface area contributed by atoms with Gasteiger partial charge in [-0.1, -0.05) is 12.2 Å². The lowest BCUT2D eigenvalue weighted by molar-refractivity contribution is -0.00387. The van der Waals surface area contributed by atoms with Crippen molar-refractivity contribution in [3.63, 3.8) is 0 Å². The minimum atomic E-state index is 0.417. The van der Waals surface area contributed by atoms with Gasteiger partial charge in [-0.3, -0.25) is 5.41 Å². The first-order chi connectivity index (χ1) is 4.34. The van der Waals surface area contributed by atoms with Crippen LogP contribution in [0.4, 0.5) is 0 Å². The Morgan fingerprint density at radius 1 is 1.44 bits per heavy atom. The number of nitrogens with one attached hydrogen (secondary N) is 1. The zero-order valence-corrected chi connectivity index (χ0v) is 4.96. The fraction of sp³-hybridized carbons (Fsp3) is 0.333. The normalized spacial score (nSPS) is 17.8. The van der Waals surface area contributed by atoms with Gasteiger partial charge in [0.05, 0.1) is 6.42 Å². The maximum atomic E-state index is 8.27. The van der Waals surface area contributed by atoms with E-state index in [2.05, 4.69) is 4.79 Å². The smallest absolute Gasteiger partial charge is 0.316 e. The van der Waals surface area contributed by atoms with Crippen molar-refractivity contribution in [3.8, 4) is 0 Å². The highest BCUT2D eigenvalue weighted by molar-refractivity contribution is 6.40.